The summed E-state index contributed by atoms with van der Waals surface area (Å²) in [7, 11) is 1.65. The molecule has 27 heavy (non-hydrogen) atoms. The van der Waals surface area contributed by atoms with Crippen LogP contribution in [0.15, 0.2) is 85.2 Å². The number of pyridine rings is 1. The molecule has 0 unspecified atom stereocenters. The summed E-state index contributed by atoms with van der Waals surface area (Å²) in [4.78, 5) is 19.5. The van der Waals surface area contributed by atoms with E-state index in [4.69, 9.17) is 4.74 Å². The average Bonchev–Trinajstić information content (AvgIpc) is 2.73. The Bertz CT molecular complexity index is 783. The van der Waals surface area contributed by atoms with Gasteiger partial charge in [0.2, 0.25) is 5.91 Å². The zero-order valence-electron chi connectivity index (χ0n) is 15.5. The maximum absolute atomic E-state index is 13.6. The molecule has 0 aliphatic carbocycles. The summed E-state index contributed by atoms with van der Waals surface area (Å²) < 4.78 is 5.25. The molecule has 0 saturated heterocycles. The van der Waals surface area contributed by atoms with Crippen LogP contribution in [0.5, 0.6) is 0 Å². The fourth-order valence-electron chi connectivity index (χ4n) is 3.13. The molecule has 3 rings (SSSR count). The number of benzene rings is 2. The van der Waals surface area contributed by atoms with Crippen molar-refractivity contribution in [1.29, 1.82) is 0 Å². The Morgan fingerprint density at radius 2 is 1.48 bits per heavy atom. The number of methoxy groups -OCH3 is 1. The number of amides is 1. The summed E-state index contributed by atoms with van der Waals surface area (Å²) in [5.74, 6) is -0.271. The van der Waals surface area contributed by atoms with Crippen LogP contribution in [0, 0.1) is 0 Å². The predicted octanol–water partition coefficient (Wildman–Crippen LogP) is 3.89. The van der Waals surface area contributed by atoms with Gasteiger partial charge in [0, 0.05) is 32.6 Å². The molecule has 3 aromatic rings. The molecule has 0 radical (unpaired) electrons. The van der Waals surface area contributed by atoms with E-state index in [1.165, 1.54) is 0 Å². The Morgan fingerprint density at radius 3 is 2.00 bits per heavy atom. The van der Waals surface area contributed by atoms with Gasteiger partial charge in [0.15, 0.2) is 0 Å². The normalized spacial score (nSPS) is 10.7. The molecular weight excluding hydrogens is 336 g/mol. The molecule has 0 bridgehead atoms. The standard InChI is InChI=1S/C23H24N2O2/c1-27-17-16-25(18-19-12-14-24-15-13-19)23(26)22(20-8-4-2-5-9-20)21-10-6-3-7-11-21/h2-15,22H,16-18H2,1H3. The maximum atomic E-state index is 13.6. The first-order valence-electron chi connectivity index (χ1n) is 9.06. The van der Waals surface area contributed by atoms with Crippen molar-refractivity contribution >= 4 is 5.91 Å². The number of rotatable bonds is 8. The SMILES string of the molecule is COCCN(Cc1ccncc1)C(=O)C(c1ccccc1)c1ccccc1. The molecule has 1 amide bonds. The highest BCUT2D eigenvalue weighted by Gasteiger charge is 2.27. The van der Waals surface area contributed by atoms with Gasteiger partial charge in [-0.3, -0.25) is 9.78 Å². The molecule has 4 nitrogen and oxygen atoms in total. The second kappa shape index (κ2) is 9.64. The minimum absolute atomic E-state index is 0.0706. The molecule has 2 aromatic carbocycles. The van der Waals surface area contributed by atoms with Gasteiger partial charge in [0.1, 0.15) is 0 Å². The Labute approximate surface area is 160 Å². The first-order valence-corrected chi connectivity index (χ1v) is 9.06. The van der Waals surface area contributed by atoms with E-state index in [-0.39, 0.29) is 11.8 Å². The van der Waals surface area contributed by atoms with Crippen molar-refractivity contribution in [2.45, 2.75) is 12.5 Å². The molecule has 0 spiro atoms. The van der Waals surface area contributed by atoms with E-state index in [2.05, 4.69) is 4.98 Å². The lowest BCUT2D eigenvalue weighted by Crippen LogP contribution is -2.37. The Balaban J connectivity index is 1.93. The van der Waals surface area contributed by atoms with Gasteiger partial charge in [0.25, 0.3) is 0 Å². The molecule has 0 aliphatic heterocycles. The Kier molecular flexibility index (Phi) is 6.72. The summed E-state index contributed by atoms with van der Waals surface area (Å²) in [6.07, 6.45) is 3.50. The van der Waals surface area contributed by atoms with Gasteiger partial charge in [-0.05, 0) is 28.8 Å². The summed E-state index contributed by atoms with van der Waals surface area (Å²) in [5, 5.41) is 0. The molecule has 138 valence electrons. The highest BCUT2D eigenvalue weighted by atomic mass is 16.5. The van der Waals surface area contributed by atoms with Gasteiger partial charge < -0.3 is 9.64 Å². The van der Waals surface area contributed by atoms with E-state index in [0.717, 1.165) is 16.7 Å². The number of hydrogen-bond donors (Lipinski definition) is 0. The van der Waals surface area contributed by atoms with Crippen LogP contribution in [0.4, 0.5) is 0 Å². The van der Waals surface area contributed by atoms with Gasteiger partial charge in [0.05, 0.1) is 12.5 Å². The molecule has 0 N–H and O–H groups in total. The lowest BCUT2D eigenvalue weighted by Gasteiger charge is -2.28. The van der Waals surface area contributed by atoms with Crippen molar-refractivity contribution in [3.63, 3.8) is 0 Å². The highest BCUT2D eigenvalue weighted by molar-refractivity contribution is 5.87. The lowest BCUT2D eigenvalue weighted by atomic mass is 9.90. The summed E-state index contributed by atoms with van der Waals surface area (Å²) in [5.41, 5.74) is 3.03. The van der Waals surface area contributed by atoms with Gasteiger partial charge in [-0.15, -0.1) is 0 Å². The minimum atomic E-state index is -0.342. The van der Waals surface area contributed by atoms with Crippen molar-refractivity contribution < 1.29 is 9.53 Å². The third-order valence-corrected chi connectivity index (χ3v) is 4.51. The second-order valence-electron chi connectivity index (χ2n) is 6.36. The van der Waals surface area contributed by atoms with Gasteiger partial charge >= 0.3 is 0 Å². The Hall–Kier alpha value is -2.98. The third kappa shape index (κ3) is 5.02. The van der Waals surface area contributed by atoms with Crippen molar-refractivity contribution in [1.82, 2.24) is 9.88 Å². The van der Waals surface area contributed by atoms with Gasteiger partial charge in [-0.1, -0.05) is 60.7 Å². The van der Waals surface area contributed by atoms with Crippen LogP contribution in [0.1, 0.15) is 22.6 Å². The molecule has 1 heterocycles. The highest BCUT2D eigenvalue weighted by Crippen LogP contribution is 2.27. The smallest absolute Gasteiger partial charge is 0.234 e. The minimum Gasteiger partial charge on any atom is -0.383 e. The van der Waals surface area contributed by atoms with Crippen LogP contribution in [-0.2, 0) is 16.1 Å². The summed E-state index contributed by atoms with van der Waals surface area (Å²) in [6, 6.07) is 23.7. The van der Waals surface area contributed by atoms with Crippen LogP contribution < -0.4 is 0 Å². The van der Waals surface area contributed by atoms with Crippen molar-refractivity contribution in [2.75, 3.05) is 20.3 Å². The third-order valence-electron chi connectivity index (χ3n) is 4.51. The van der Waals surface area contributed by atoms with Gasteiger partial charge in [-0.2, -0.15) is 0 Å². The maximum Gasteiger partial charge on any atom is 0.234 e. The zero-order valence-corrected chi connectivity index (χ0v) is 15.5. The first kappa shape index (κ1) is 18.8. The average molecular weight is 360 g/mol. The monoisotopic (exact) mass is 360 g/mol. The predicted molar refractivity (Wildman–Crippen MR) is 106 cm³/mol. The topological polar surface area (TPSA) is 42.4 Å². The van der Waals surface area contributed by atoms with Crippen molar-refractivity contribution in [3.05, 3.63) is 102 Å². The number of nitrogens with zero attached hydrogens (tertiary/aromatic N) is 2. The van der Waals surface area contributed by atoms with Crippen molar-refractivity contribution in [2.24, 2.45) is 0 Å². The van der Waals surface area contributed by atoms with Crippen LogP contribution >= 0.6 is 0 Å². The summed E-state index contributed by atoms with van der Waals surface area (Å²) >= 11 is 0. The van der Waals surface area contributed by atoms with Crippen LogP contribution in [-0.4, -0.2) is 36.1 Å². The van der Waals surface area contributed by atoms with Gasteiger partial charge in [-0.25, -0.2) is 0 Å². The van der Waals surface area contributed by atoms with Crippen LogP contribution in [0.2, 0.25) is 0 Å². The first-order chi connectivity index (χ1) is 13.3. The molecule has 1 aromatic heterocycles. The molecule has 0 aliphatic rings. The van der Waals surface area contributed by atoms with E-state index < -0.39 is 0 Å². The quantitative estimate of drug-likeness (QED) is 0.612. The molecule has 0 saturated carbocycles. The lowest BCUT2D eigenvalue weighted by molar-refractivity contribution is -0.133. The van der Waals surface area contributed by atoms with Crippen LogP contribution in [0.3, 0.4) is 0 Å². The fraction of sp³-hybridized carbons (Fsp3) is 0.217. The summed E-state index contributed by atoms with van der Waals surface area (Å²) in [6.45, 7) is 1.56. The number of hydrogen-bond acceptors (Lipinski definition) is 3. The number of aromatic nitrogens is 1. The number of carbonyl (C=O) groups excluding carboxylic acids is 1. The molecular formula is C23H24N2O2. The fourth-order valence-corrected chi connectivity index (χ4v) is 3.13. The molecule has 0 fully saturated rings. The largest absolute Gasteiger partial charge is 0.383 e. The van der Waals surface area contributed by atoms with E-state index in [1.807, 2.05) is 77.7 Å². The Morgan fingerprint density at radius 1 is 0.926 bits per heavy atom. The van der Waals surface area contributed by atoms with E-state index in [1.54, 1.807) is 19.5 Å². The van der Waals surface area contributed by atoms with Crippen molar-refractivity contribution in [3.8, 4) is 0 Å². The van der Waals surface area contributed by atoms with E-state index in [0.29, 0.717) is 19.7 Å². The van der Waals surface area contributed by atoms with Crippen LogP contribution in [0.25, 0.3) is 0 Å². The number of carbonyl (C=O) groups is 1. The molecule has 0 atom stereocenters. The second-order valence-corrected chi connectivity index (χ2v) is 6.36. The molecule has 4 heteroatoms. The van der Waals surface area contributed by atoms with E-state index >= 15 is 0 Å². The zero-order chi connectivity index (χ0) is 18.9. The number of ether oxygens (including phenoxy) is 1. The van der Waals surface area contributed by atoms with E-state index in [9.17, 15) is 4.79 Å².